The van der Waals surface area contributed by atoms with E-state index >= 15 is 0 Å². The fraction of sp³-hybridized carbons (Fsp3) is 0.417. The van der Waals surface area contributed by atoms with Gasteiger partial charge in [0.1, 0.15) is 5.75 Å². The maximum Gasteiger partial charge on any atom is 0.255 e. The summed E-state index contributed by atoms with van der Waals surface area (Å²) in [6.45, 7) is 1.79. The predicted octanol–water partition coefficient (Wildman–Crippen LogP) is 1.85. The molecule has 2 N–H and O–H groups in total. The highest BCUT2D eigenvalue weighted by atomic mass is 35.5. The molecule has 0 bridgehead atoms. The van der Waals surface area contributed by atoms with Gasteiger partial charge in [0, 0.05) is 5.02 Å². The molecule has 0 spiro atoms. The summed E-state index contributed by atoms with van der Waals surface area (Å²) in [6, 6.07) is 4.57. The van der Waals surface area contributed by atoms with Crippen LogP contribution >= 0.6 is 11.6 Å². The van der Waals surface area contributed by atoms with Crippen molar-refractivity contribution in [2.24, 2.45) is 0 Å². The SMILES string of the molecule is CC[C@H](CO)NC(=O)c1cc(Cl)ccc1OC. The zero-order valence-electron chi connectivity index (χ0n) is 9.87. The van der Waals surface area contributed by atoms with Crippen LogP contribution in [0.4, 0.5) is 0 Å². The number of methoxy groups -OCH3 is 1. The van der Waals surface area contributed by atoms with Gasteiger partial charge in [-0.2, -0.15) is 0 Å². The van der Waals surface area contributed by atoms with Crippen LogP contribution in [-0.4, -0.2) is 30.8 Å². The molecule has 0 unspecified atom stereocenters. The quantitative estimate of drug-likeness (QED) is 0.846. The number of carbonyl (C=O) groups is 1. The minimum atomic E-state index is -0.301. The summed E-state index contributed by atoms with van der Waals surface area (Å²) in [5.41, 5.74) is 0.368. The number of ether oxygens (including phenoxy) is 1. The monoisotopic (exact) mass is 257 g/mol. The summed E-state index contributed by atoms with van der Waals surface area (Å²) in [4.78, 5) is 11.9. The maximum absolute atomic E-state index is 11.9. The molecule has 0 heterocycles. The smallest absolute Gasteiger partial charge is 0.255 e. The lowest BCUT2D eigenvalue weighted by Gasteiger charge is -2.15. The number of carbonyl (C=O) groups excluding carboxylic acids is 1. The zero-order valence-corrected chi connectivity index (χ0v) is 10.6. The summed E-state index contributed by atoms with van der Waals surface area (Å²) >= 11 is 5.84. The number of halogens is 1. The second kappa shape index (κ2) is 6.47. The van der Waals surface area contributed by atoms with E-state index in [1.54, 1.807) is 18.2 Å². The van der Waals surface area contributed by atoms with E-state index in [1.165, 1.54) is 7.11 Å². The minimum Gasteiger partial charge on any atom is -0.496 e. The molecule has 0 aliphatic carbocycles. The first-order valence-electron chi connectivity index (χ1n) is 5.37. The van der Waals surface area contributed by atoms with Crippen molar-refractivity contribution in [1.82, 2.24) is 5.32 Å². The normalized spacial score (nSPS) is 12.0. The summed E-state index contributed by atoms with van der Waals surface area (Å²) in [6.07, 6.45) is 0.658. The van der Waals surface area contributed by atoms with Gasteiger partial charge in [0.15, 0.2) is 0 Å². The molecule has 17 heavy (non-hydrogen) atoms. The third-order valence-electron chi connectivity index (χ3n) is 2.45. The van der Waals surface area contributed by atoms with E-state index in [9.17, 15) is 4.79 Å². The van der Waals surface area contributed by atoms with Crippen LogP contribution in [0.15, 0.2) is 18.2 Å². The van der Waals surface area contributed by atoms with Gasteiger partial charge in [-0.15, -0.1) is 0 Å². The summed E-state index contributed by atoms with van der Waals surface area (Å²) in [5, 5.41) is 12.2. The Bertz CT molecular complexity index is 391. The molecule has 0 aliphatic heterocycles. The van der Waals surface area contributed by atoms with E-state index in [2.05, 4.69) is 5.32 Å². The van der Waals surface area contributed by atoms with E-state index in [1.807, 2.05) is 6.92 Å². The lowest BCUT2D eigenvalue weighted by Crippen LogP contribution is -2.37. The molecular formula is C12H16ClNO3. The van der Waals surface area contributed by atoms with Gasteiger partial charge in [-0.05, 0) is 24.6 Å². The first-order valence-corrected chi connectivity index (χ1v) is 5.75. The molecule has 1 amide bonds. The molecule has 1 rings (SSSR count). The highest BCUT2D eigenvalue weighted by Crippen LogP contribution is 2.22. The van der Waals surface area contributed by atoms with Crippen LogP contribution in [0.25, 0.3) is 0 Å². The number of rotatable bonds is 5. The molecule has 0 fully saturated rings. The minimum absolute atomic E-state index is 0.0921. The van der Waals surface area contributed by atoms with E-state index in [4.69, 9.17) is 21.4 Å². The first kappa shape index (κ1) is 13.8. The highest BCUT2D eigenvalue weighted by molar-refractivity contribution is 6.31. The molecule has 5 heteroatoms. The van der Waals surface area contributed by atoms with Crippen LogP contribution < -0.4 is 10.1 Å². The Labute approximate surface area is 106 Å². The number of hydrogen-bond donors (Lipinski definition) is 2. The predicted molar refractivity (Wildman–Crippen MR) is 66.6 cm³/mol. The van der Waals surface area contributed by atoms with Crippen molar-refractivity contribution in [3.63, 3.8) is 0 Å². The fourth-order valence-electron chi connectivity index (χ4n) is 1.40. The maximum atomic E-state index is 11.9. The molecule has 1 atom stereocenters. The van der Waals surface area contributed by atoms with Crippen molar-refractivity contribution in [2.75, 3.05) is 13.7 Å². The molecule has 0 radical (unpaired) electrons. The molecule has 94 valence electrons. The molecule has 1 aromatic rings. The van der Waals surface area contributed by atoms with Crippen molar-refractivity contribution in [3.8, 4) is 5.75 Å². The van der Waals surface area contributed by atoms with E-state index in [-0.39, 0.29) is 18.6 Å². The molecule has 1 aromatic carbocycles. The Morgan fingerprint density at radius 1 is 1.59 bits per heavy atom. The van der Waals surface area contributed by atoms with E-state index < -0.39 is 0 Å². The van der Waals surface area contributed by atoms with Crippen LogP contribution in [0.2, 0.25) is 5.02 Å². The number of aliphatic hydroxyl groups excluding tert-OH is 1. The number of nitrogens with one attached hydrogen (secondary N) is 1. The van der Waals surface area contributed by atoms with Crippen LogP contribution in [-0.2, 0) is 0 Å². The average Bonchev–Trinajstić information content (AvgIpc) is 2.35. The third kappa shape index (κ3) is 3.61. The van der Waals surface area contributed by atoms with Crippen LogP contribution in [0.3, 0.4) is 0 Å². The summed E-state index contributed by atoms with van der Waals surface area (Å²) < 4.78 is 5.09. The summed E-state index contributed by atoms with van der Waals surface area (Å²) in [7, 11) is 1.49. The Hall–Kier alpha value is -1.26. The summed E-state index contributed by atoms with van der Waals surface area (Å²) in [5.74, 6) is 0.157. The molecule has 4 nitrogen and oxygen atoms in total. The van der Waals surface area contributed by atoms with Gasteiger partial charge < -0.3 is 15.2 Å². The zero-order chi connectivity index (χ0) is 12.8. The Kier molecular flexibility index (Phi) is 5.25. The lowest BCUT2D eigenvalue weighted by molar-refractivity contribution is 0.0912. The Morgan fingerprint density at radius 2 is 2.29 bits per heavy atom. The molecule has 0 saturated heterocycles. The number of aliphatic hydroxyl groups is 1. The lowest BCUT2D eigenvalue weighted by atomic mass is 10.1. The van der Waals surface area contributed by atoms with Gasteiger partial charge >= 0.3 is 0 Å². The number of benzene rings is 1. The number of amides is 1. The second-order valence-corrected chi connectivity index (χ2v) is 4.04. The Morgan fingerprint density at radius 3 is 2.82 bits per heavy atom. The number of hydrogen-bond acceptors (Lipinski definition) is 3. The van der Waals surface area contributed by atoms with Gasteiger partial charge in [0.25, 0.3) is 5.91 Å². The van der Waals surface area contributed by atoms with Crippen molar-refractivity contribution < 1.29 is 14.6 Å². The largest absolute Gasteiger partial charge is 0.496 e. The van der Waals surface area contributed by atoms with Crippen molar-refractivity contribution in [1.29, 1.82) is 0 Å². The second-order valence-electron chi connectivity index (χ2n) is 3.61. The fourth-order valence-corrected chi connectivity index (χ4v) is 1.57. The van der Waals surface area contributed by atoms with Gasteiger partial charge in [0.2, 0.25) is 0 Å². The van der Waals surface area contributed by atoms with Crippen LogP contribution in [0, 0.1) is 0 Å². The standard InChI is InChI=1S/C12H16ClNO3/c1-3-9(7-15)14-12(16)10-6-8(13)4-5-11(10)17-2/h4-6,9,15H,3,7H2,1-2H3,(H,14,16)/t9-/m1/s1. The molecule has 0 aliphatic rings. The van der Waals surface area contributed by atoms with Crippen molar-refractivity contribution >= 4 is 17.5 Å². The van der Waals surface area contributed by atoms with Crippen molar-refractivity contribution in [3.05, 3.63) is 28.8 Å². The molecule has 0 saturated carbocycles. The first-order chi connectivity index (χ1) is 8.12. The van der Waals surface area contributed by atoms with Gasteiger partial charge in [-0.1, -0.05) is 18.5 Å². The van der Waals surface area contributed by atoms with Gasteiger partial charge in [0.05, 0.1) is 25.3 Å². The average molecular weight is 258 g/mol. The molecular weight excluding hydrogens is 242 g/mol. The third-order valence-corrected chi connectivity index (χ3v) is 2.69. The molecule has 0 aromatic heterocycles. The van der Waals surface area contributed by atoms with Gasteiger partial charge in [-0.25, -0.2) is 0 Å². The van der Waals surface area contributed by atoms with E-state index in [0.717, 1.165) is 0 Å². The van der Waals surface area contributed by atoms with Crippen LogP contribution in [0.5, 0.6) is 5.75 Å². The van der Waals surface area contributed by atoms with Crippen molar-refractivity contribution in [2.45, 2.75) is 19.4 Å². The Balaban J connectivity index is 2.90. The van der Waals surface area contributed by atoms with E-state index in [0.29, 0.717) is 22.8 Å². The van der Waals surface area contributed by atoms with Crippen LogP contribution in [0.1, 0.15) is 23.7 Å². The topological polar surface area (TPSA) is 58.6 Å². The van der Waals surface area contributed by atoms with Gasteiger partial charge in [-0.3, -0.25) is 4.79 Å². The highest BCUT2D eigenvalue weighted by Gasteiger charge is 2.15.